The summed E-state index contributed by atoms with van der Waals surface area (Å²) in [4.78, 5) is 16.5. The molecular weight excluding hydrogens is 409 g/mol. The Morgan fingerprint density at radius 1 is 1.26 bits per heavy atom. The van der Waals surface area contributed by atoms with Crippen LogP contribution >= 0.6 is 0 Å². The van der Waals surface area contributed by atoms with Gasteiger partial charge in [-0.15, -0.1) is 0 Å². The van der Waals surface area contributed by atoms with Crippen molar-refractivity contribution in [1.29, 1.82) is 0 Å². The number of hydrogen-bond donors (Lipinski definition) is 1. The van der Waals surface area contributed by atoms with E-state index in [0.717, 1.165) is 29.7 Å². The second-order valence-corrected chi connectivity index (χ2v) is 8.53. The van der Waals surface area contributed by atoms with E-state index in [2.05, 4.69) is 4.98 Å². The second kappa shape index (κ2) is 8.05. The number of carbonyl (C=O) groups is 1. The smallest absolute Gasteiger partial charge is 0.435 e. The van der Waals surface area contributed by atoms with Gasteiger partial charge in [0.2, 0.25) is 0 Å². The van der Waals surface area contributed by atoms with E-state index in [0.29, 0.717) is 32.4 Å². The average Bonchev–Trinajstić information content (AvgIpc) is 2.73. The first-order valence-corrected chi connectivity index (χ1v) is 10.5. The maximum atomic E-state index is 13.3. The van der Waals surface area contributed by atoms with E-state index in [4.69, 9.17) is 9.84 Å². The summed E-state index contributed by atoms with van der Waals surface area (Å²) in [5, 5.41) is 9.16. The molecule has 1 aromatic heterocycles. The number of anilines is 1. The van der Waals surface area contributed by atoms with E-state index in [1.165, 1.54) is 18.3 Å². The first-order valence-electron chi connectivity index (χ1n) is 10.5. The van der Waals surface area contributed by atoms with Gasteiger partial charge in [0, 0.05) is 32.1 Å². The molecule has 1 saturated heterocycles. The van der Waals surface area contributed by atoms with Gasteiger partial charge in [0.25, 0.3) is 0 Å². The summed E-state index contributed by atoms with van der Waals surface area (Å²) >= 11 is 0. The minimum absolute atomic E-state index is 0.117. The number of benzene rings is 1. The van der Waals surface area contributed by atoms with Crippen LogP contribution in [0.1, 0.15) is 43.0 Å². The number of ether oxygens (including phenoxy) is 1. The third kappa shape index (κ3) is 4.48. The van der Waals surface area contributed by atoms with Crippen molar-refractivity contribution in [3.63, 3.8) is 0 Å². The molecular formula is C23H25F3N2O3. The van der Waals surface area contributed by atoms with E-state index < -0.39 is 29.4 Å². The van der Waals surface area contributed by atoms with Gasteiger partial charge >= 0.3 is 12.1 Å². The number of aliphatic carboxylic acids is 1. The maximum Gasteiger partial charge on any atom is 0.435 e. The molecule has 8 heteroatoms. The Labute approximate surface area is 178 Å². The zero-order chi connectivity index (χ0) is 22.2. The molecule has 0 bridgehead atoms. The van der Waals surface area contributed by atoms with Crippen molar-refractivity contribution >= 4 is 11.7 Å². The Balaban J connectivity index is 1.48. The molecule has 5 nitrogen and oxygen atoms in total. The minimum atomic E-state index is -4.49. The third-order valence-corrected chi connectivity index (χ3v) is 6.34. The lowest BCUT2D eigenvalue weighted by Gasteiger charge is -2.45. The van der Waals surface area contributed by atoms with Gasteiger partial charge < -0.3 is 14.7 Å². The summed E-state index contributed by atoms with van der Waals surface area (Å²) in [6.45, 7) is 2.59. The number of hydrogen-bond acceptors (Lipinski definition) is 4. The van der Waals surface area contributed by atoms with Crippen LogP contribution in [0.4, 0.5) is 18.9 Å². The Kier molecular flexibility index (Phi) is 5.58. The predicted octanol–water partition coefficient (Wildman–Crippen LogP) is 4.73. The Bertz CT molecular complexity index is 969. The van der Waals surface area contributed by atoms with Crippen LogP contribution in [-0.4, -0.2) is 34.8 Å². The number of aromatic nitrogens is 1. The lowest BCUT2D eigenvalue weighted by Crippen LogP contribution is -2.50. The molecule has 1 unspecified atom stereocenters. The molecule has 2 aliphatic heterocycles. The standard InChI is InChI=1S/C23H25F3N2O3/c1-15(21(29)30)13-16-4-5-17-6-7-22(31-19(17)14-16)8-11-28(12-9-22)18-3-2-10-27-20(18)23(24,25)26/h2-5,10,14-15H,6-9,11-13H2,1H3,(H,29,30). The third-order valence-electron chi connectivity index (χ3n) is 6.34. The summed E-state index contributed by atoms with van der Waals surface area (Å²) in [5.41, 5.74) is 0.866. The number of halogens is 3. The molecule has 0 radical (unpaired) electrons. The highest BCUT2D eigenvalue weighted by Gasteiger charge is 2.42. The molecule has 1 atom stereocenters. The first kappa shape index (κ1) is 21.5. The molecule has 1 fully saturated rings. The maximum absolute atomic E-state index is 13.3. The van der Waals surface area contributed by atoms with Crippen molar-refractivity contribution in [3.8, 4) is 5.75 Å². The zero-order valence-corrected chi connectivity index (χ0v) is 17.3. The molecule has 1 aromatic carbocycles. The van der Waals surface area contributed by atoms with Crippen molar-refractivity contribution in [2.24, 2.45) is 5.92 Å². The number of carboxylic acids is 1. The van der Waals surface area contributed by atoms with Gasteiger partial charge in [-0.1, -0.05) is 19.1 Å². The summed E-state index contributed by atoms with van der Waals surface area (Å²) in [6, 6.07) is 8.86. The Hall–Kier alpha value is -2.77. The van der Waals surface area contributed by atoms with Crippen LogP contribution < -0.4 is 9.64 Å². The monoisotopic (exact) mass is 434 g/mol. The zero-order valence-electron chi connectivity index (χ0n) is 17.3. The molecule has 2 aliphatic rings. The van der Waals surface area contributed by atoms with Crippen molar-refractivity contribution < 1.29 is 27.8 Å². The van der Waals surface area contributed by atoms with Gasteiger partial charge in [-0.2, -0.15) is 13.2 Å². The van der Waals surface area contributed by atoms with Crippen molar-refractivity contribution in [2.45, 2.75) is 50.8 Å². The van der Waals surface area contributed by atoms with E-state index >= 15 is 0 Å². The van der Waals surface area contributed by atoms with Crippen LogP contribution in [0.25, 0.3) is 0 Å². The van der Waals surface area contributed by atoms with Crippen molar-refractivity contribution in [2.75, 3.05) is 18.0 Å². The van der Waals surface area contributed by atoms with Crippen molar-refractivity contribution in [1.82, 2.24) is 4.98 Å². The fourth-order valence-corrected chi connectivity index (χ4v) is 4.49. The van der Waals surface area contributed by atoms with Gasteiger partial charge in [0.15, 0.2) is 5.69 Å². The number of nitrogens with zero attached hydrogens (tertiary/aromatic N) is 2. The molecule has 2 aromatic rings. The van der Waals surface area contributed by atoms with Crippen LogP contribution in [0.5, 0.6) is 5.75 Å². The molecule has 166 valence electrons. The van der Waals surface area contributed by atoms with E-state index in [9.17, 15) is 18.0 Å². The Morgan fingerprint density at radius 3 is 2.68 bits per heavy atom. The molecule has 0 saturated carbocycles. The molecule has 1 N–H and O–H groups in total. The largest absolute Gasteiger partial charge is 0.487 e. The molecule has 0 amide bonds. The van der Waals surface area contributed by atoms with Crippen LogP contribution in [0.15, 0.2) is 36.5 Å². The molecule has 31 heavy (non-hydrogen) atoms. The van der Waals surface area contributed by atoms with E-state index in [-0.39, 0.29) is 5.69 Å². The molecule has 4 rings (SSSR count). The van der Waals surface area contributed by atoms with E-state index in [1.54, 1.807) is 11.8 Å². The van der Waals surface area contributed by atoms with Crippen LogP contribution in [0.3, 0.4) is 0 Å². The SMILES string of the molecule is CC(Cc1ccc2c(c1)OC1(CC2)CCN(c2cccnc2C(F)(F)F)CC1)C(=O)O. The minimum Gasteiger partial charge on any atom is -0.487 e. The number of rotatable bonds is 4. The highest BCUT2D eigenvalue weighted by Crippen LogP contribution is 2.42. The number of carboxylic acid groups (broad SMARTS) is 1. The van der Waals surface area contributed by atoms with Gasteiger partial charge in [-0.3, -0.25) is 4.79 Å². The van der Waals surface area contributed by atoms with Gasteiger partial charge in [-0.05, 0) is 48.6 Å². The van der Waals surface area contributed by atoms with Crippen LogP contribution in [-0.2, 0) is 23.8 Å². The lowest BCUT2D eigenvalue weighted by molar-refractivity contribution is -0.141. The van der Waals surface area contributed by atoms with Gasteiger partial charge in [-0.25, -0.2) is 4.98 Å². The normalized spacial score (nSPS) is 18.9. The summed E-state index contributed by atoms with van der Waals surface area (Å²) in [6.07, 6.45) is -0.00331. The van der Waals surface area contributed by atoms with Gasteiger partial charge in [0.1, 0.15) is 11.4 Å². The van der Waals surface area contributed by atoms with Gasteiger partial charge in [0.05, 0.1) is 11.6 Å². The molecule has 1 spiro atoms. The number of fused-ring (bicyclic) bond motifs is 1. The fourth-order valence-electron chi connectivity index (χ4n) is 4.49. The first-order chi connectivity index (χ1) is 14.7. The van der Waals surface area contributed by atoms with Crippen LogP contribution in [0, 0.1) is 5.92 Å². The average molecular weight is 434 g/mol. The highest BCUT2D eigenvalue weighted by molar-refractivity contribution is 5.70. The fraction of sp³-hybridized carbons (Fsp3) is 0.478. The van der Waals surface area contributed by atoms with Crippen LogP contribution in [0.2, 0.25) is 0 Å². The summed E-state index contributed by atoms with van der Waals surface area (Å²) in [7, 11) is 0. The molecule has 3 heterocycles. The lowest BCUT2D eigenvalue weighted by atomic mass is 9.82. The Morgan fingerprint density at radius 2 is 2.00 bits per heavy atom. The number of pyridine rings is 1. The molecule has 0 aliphatic carbocycles. The number of aryl methyl sites for hydroxylation is 1. The number of alkyl halides is 3. The quantitative estimate of drug-likeness (QED) is 0.754. The predicted molar refractivity (Wildman–Crippen MR) is 109 cm³/mol. The highest BCUT2D eigenvalue weighted by atomic mass is 19.4. The van der Waals surface area contributed by atoms with E-state index in [1.807, 2.05) is 18.2 Å². The summed E-state index contributed by atoms with van der Waals surface area (Å²) < 4.78 is 46.4. The summed E-state index contributed by atoms with van der Waals surface area (Å²) in [5.74, 6) is -0.551. The number of piperidine rings is 1. The topological polar surface area (TPSA) is 62.7 Å². The second-order valence-electron chi connectivity index (χ2n) is 8.53. The van der Waals surface area contributed by atoms with Crippen molar-refractivity contribution in [3.05, 3.63) is 53.3 Å².